The lowest BCUT2D eigenvalue weighted by Gasteiger charge is -2.30. The molecular formula is C14H21NOS. The van der Waals surface area contributed by atoms with E-state index in [4.69, 9.17) is 0 Å². The number of carbonyl (C=O) groups is 1. The average molecular weight is 251 g/mol. The van der Waals surface area contributed by atoms with Gasteiger partial charge in [-0.25, -0.2) is 0 Å². The van der Waals surface area contributed by atoms with Gasteiger partial charge >= 0.3 is 0 Å². The Morgan fingerprint density at radius 3 is 2.65 bits per heavy atom. The fourth-order valence-electron chi connectivity index (χ4n) is 2.42. The Hall–Kier alpha value is -0.670. The van der Waals surface area contributed by atoms with Crippen molar-refractivity contribution in [2.24, 2.45) is 5.92 Å². The summed E-state index contributed by atoms with van der Waals surface area (Å²) in [4.78, 5) is 16.5. The van der Waals surface area contributed by atoms with Gasteiger partial charge in [-0.05, 0) is 50.9 Å². The Morgan fingerprint density at radius 2 is 2.12 bits per heavy atom. The first-order valence-electron chi connectivity index (χ1n) is 6.51. The lowest BCUT2D eigenvalue weighted by molar-refractivity contribution is 0.0898. The van der Waals surface area contributed by atoms with Crippen LogP contribution >= 0.6 is 11.3 Å². The largest absolute Gasteiger partial charge is 0.296 e. The standard InChI is InChI=1S/C14H21NOS/c1-3-12-6-8-15(9-7-12)10-13(16)14-5-4-11(2)17-14/h4-5,12H,3,6-10H2,1-2H3. The molecule has 1 aromatic heterocycles. The van der Waals surface area contributed by atoms with Crippen molar-refractivity contribution in [1.29, 1.82) is 0 Å². The quantitative estimate of drug-likeness (QED) is 0.765. The molecular weight excluding hydrogens is 230 g/mol. The number of hydrogen-bond acceptors (Lipinski definition) is 3. The Morgan fingerprint density at radius 1 is 1.41 bits per heavy atom. The number of likely N-dealkylation sites (tertiary alicyclic amines) is 1. The molecule has 1 fully saturated rings. The van der Waals surface area contributed by atoms with E-state index < -0.39 is 0 Å². The number of hydrogen-bond donors (Lipinski definition) is 0. The molecule has 94 valence electrons. The molecule has 0 aromatic carbocycles. The number of carbonyl (C=O) groups excluding carboxylic acids is 1. The highest BCUT2D eigenvalue weighted by Gasteiger charge is 2.20. The predicted octanol–water partition coefficient (Wildman–Crippen LogP) is 3.36. The van der Waals surface area contributed by atoms with Crippen molar-refractivity contribution in [3.05, 3.63) is 21.9 Å². The molecule has 0 spiro atoms. The van der Waals surface area contributed by atoms with Gasteiger partial charge in [0.2, 0.25) is 0 Å². The minimum Gasteiger partial charge on any atom is -0.296 e. The summed E-state index contributed by atoms with van der Waals surface area (Å²) in [6, 6.07) is 3.99. The van der Waals surface area contributed by atoms with Crippen LogP contribution in [0.2, 0.25) is 0 Å². The highest BCUT2D eigenvalue weighted by Crippen LogP contribution is 2.21. The maximum atomic E-state index is 12.0. The van der Waals surface area contributed by atoms with E-state index >= 15 is 0 Å². The van der Waals surface area contributed by atoms with Crippen LogP contribution in [0.1, 0.15) is 40.7 Å². The highest BCUT2D eigenvalue weighted by molar-refractivity contribution is 7.14. The topological polar surface area (TPSA) is 20.3 Å². The zero-order valence-electron chi connectivity index (χ0n) is 10.7. The Bertz CT molecular complexity index is 377. The fourth-order valence-corrected chi connectivity index (χ4v) is 3.22. The molecule has 1 aromatic rings. The van der Waals surface area contributed by atoms with E-state index in [1.165, 1.54) is 24.1 Å². The summed E-state index contributed by atoms with van der Waals surface area (Å²) in [5.41, 5.74) is 0. The Kier molecular flexibility index (Phi) is 4.35. The SMILES string of the molecule is CCC1CCN(CC(=O)c2ccc(C)s2)CC1. The summed E-state index contributed by atoms with van der Waals surface area (Å²) in [5, 5.41) is 0. The monoisotopic (exact) mass is 251 g/mol. The van der Waals surface area contributed by atoms with Crippen molar-refractivity contribution >= 4 is 17.1 Å². The van der Waals surface area contributed by atoms with Crippen LogP contribution in [0.3, 0.4) is 0 Å². The predicted molar refractivity (Wildman–Crippen MR) is 72.8 cm³/mol. The van der Waals surface area contributed by atoms with Crippen molar-refractivity contribution in [2.45, 2.75) is 33.1 Å². The minimum absolute atomic E-state index is 0.290. The number of ketones is 1. The number of thiophene rings is 1. The van der Waals surface area contributed by atoms with Gasteiger partial charge in [0.1, 0.15) is 0 Å². The lowest BCUT2D eigenvalue weighted by atomic mass is 9.94. The molecule has 0 atom stereocenters. The molecule has 2 rings (SSSR count). The third-order valence-corrected chi connectivity index (χ3v) is 4.71. The van der Waals surface area contributed by atoms with E-state index in [0.717, 1.165) is 23.9 Å². The third-order valence-electron chi connectivity index (χ3n) is 3.67. The summed E-state index contributed by atoms with van der Waals surface area (Å²) in [6.07, 6.45) is 3.80. The number of nitrogens with zero attached hydrogens (tertiary/aromatic N) is 1. The van der Waals surface area contributed by atoms with Crippen LogP contribution in [-0.2, 0) is 0 Å². The first kappa shape index (κ1) is 12.8. The molecule has 1 saturated heterocycles. The Balaban J connectivity index is 1.84. The van der Waals surface area contributed by atoms with Gasteiger partial charge in [0.25, 0.3) is 0 Å². The summed E-state index contributed by atoms with van der Waals surface area (Å²) < 4.78 is 0. The fraction of sp³-hybridized carbons (Fsp3) is 0.643. The van der Waals surface area contributed by atoms with Crippen molar-refractivity contribution < 1.29 is 4.79 Å². The molecule has 0 aliphatic carbocycles. The van der Waals surface area contributed by atoms with Crippen molar-refractivity contribution in [3.8, 4) is 0 Å². The molecule has 0 amide bonds. The number of aryl methyl sites for hydroxylation is 1. The number of piperidine rings is 1. The molecule has 3 heteroatoms. The van der Waals surface area contributed by atoms with Crippen LogP contribution in [0.25, 0.3) is 0 Å². The van der Waals surface area contributed by atoms with Gasteiger partial charge in [0.05, 0.1) is 11.4 Å². The number of Topliss-reactive ketones (excluding diaryl/α,β-unsaturated/α-hetero) is 1. The lowest BCUT2D eigenvalue weighted by Crippen LogP contribution is -2.37. The second-order valence-corrected chi connectivity index (χ2v) is 6.25. The van der Waals surface area contributed by atoms with Gasteiger partial charge in [-0.3, -0.25) is 9.69 Å². The van der Waals surface area contributed by atoms with Crippen LogP contribution in [0.4, 0.5) is 0 Å². The van der Waals surface area contributed by atoms with E-state index in [1.807, 2.05) is 19.1 Å². The summed E-state index contributed by atoms with van der Waals surface area (Å²) in [5.74, 6) is 1.17. The molecule has 17 heavy (non-hydrogen) atoms. The van der Waals surface area contributed by atoms with E-state index in [9.17, 15) is 4.79 Å². The van der Waals surface area contributed by atoms with Crippen LogP contribution in [0.15, 0.2) is 12.1 Å². The molecule has 0 bridgehead atoms. The number of rotatable bonds is 4. The van der Waals surface area contributed by atoms with Crippen LogP contribution in [-0.4, -0.2) is 30.3 Å². The summed E-state index contributed by atoms with van der Waals surface area (Å²) in [6.45, 7) is 7.10. The maximum Gasteiger partial charge on any atom is 0.186 e. The molecule has 0 unspecified atom stereocenters. The van der Waals surface area contributed by atoms with E-state index in [-0.39, 0.29) is 5.78 Å². The average Bonchev–Trinajstić information content (AvgIpc) is 2.77. The van der Waals surface area contributed by atoms with Crippen LogP contribution < -0.4 is 0 Å². The normalized spacial score (nSPS) is 18.5. The second kappa shape index (κ2) is 5.78. The van der Waals surface area contributed by atoms with Gasteiger partial charge in [-0.1, -0.05) is 13.3 Å². The van der Waals surface area contributed by atoms with Crippen molar-refractivity contribution in [3.63, 3.8) is 0 Å². The molecule has 1 aliphatic rings. The minimum atomic E-state index is 0.290. The van der Waals surface area contributed by atoms with Gasteiger partial charge in [-0.15, -0.1) is 11.3 Å². The van der Waals surface area contributed by atoms with Crippen molar-refractivity contribution in [1.82, 2.24) is 4.90 Å². The first-order valence-corrected chi connectivity index (χ1v) is 7.32. The summed E-state index contributed by atoms with van der Waals surface area (Å²) in [7, 11) is 0. The van der Waals surface area contributed by atoms with Crippen molar-refractivity contribution in [2.75, 3.05) is 19.6 Å². The van der Waals surface area contributed by atoms with E-state index in [1.54, 1.807) is 11.3 Å². The Labute approximate surface area is 108 Å². The van der Waals surface area contributed by atoms with Gasteiger partial charge in [0, 0.05) is 4.88 Å². The molecule has 0 radical (unpaired) electrons. The first-order chi connectivity index (χ1) is 8.19. The van der Waals surface area contributed by atoms with E-state index in [2.05, 4.69) is 11.8 Å². The zero-order valence-corrected chi connectivity index (χ0v) is 11.6. The highest BCUT2D eigenvalue weighted by atomic mass is 32.1. The zero-order chi connectivity index (χ0) is 12.3. The summed E-state index contributed by atoms with van der Waals surface area (Å²) >= 11 is 1.61. The molecule has 2 nitrogen and oxygen atoms in total. The maximum absolute atomic E-state index is 12.0. The van der Waals surface area contributed by atoms with E-state index in [0.29, 0.717) is 6.54 Å². The molecule has 0 saturated carbocycles. The van der Waals surface area contributed by atoms with Crippen LogP contribution in [0, 0.1) is 12.8 Å². The smallest absolute Gasteiger partial charge is 0.186 e. The van der Waals surface area contributed by atoms with Gasteiger partial charge in [-0.2, -0.15) is 0 Å². The third kappa shape index (κ3) is 3.39. The van der Waals surface area contributed by atoms with Gasteiger partial charge < -0.3 is 0 Å². The van der Waals surface area contributed by atoms with Crippen LogP contribution in [0.5, 0.6) is 0 Å². The molecule has 2 heterocycles. The second-order valence-electron chi connectivity index (χ2n) is 4.96. The van der Waals surface area contributed by atoms with Gasteiger partial charge in [0.15, 0.2) is 5.78 Å². The molecule has 0 N–H and O–H groups in total. The molecule has 1 aliphatic heterocycles.